The van der Waals surface area contributed by atoms with Gasteiger partial charge < -0.3 is 15.2 Å². The van der Waals surface area contributed by atoms with Crippen molar-refractivity contribution in [3.63, 3.8) is 0 Å². The van der Waals surface area contributed by atoms with Gasteiger partial charge in [-0.05, 0) is 36.2 Å². The van der Waals surface area contributed by atoms with E-state index in [0.717, 1.165) is 33.1 Å². The summed E-state index contributed by atoms with van der Waals surface area (Å²) >= 11 is 1.53. The molecule has 0 radical (unpaired) electrons. The summed E-state index contributed by atoms with van der Waals surface area (Å²) in [4.78, 5) is 8.98. The number of thiazole rings is 1. The molecule has 2 N–H and O–H groups in total. The van der Waals surface area contributed by atoms with Crippen LogP contribution < -0.4 is 10.1 Å². The van der Waals surface area contributed by atoms with E-state index in [1.165, 1.54) is 11.3 Å². The number of aromatic nitrogens is 2. The van der Waals surface area contributed by atoms with Crippen LogP contribution in [0, 0.1) is 6.92 Å². The Bertz CT molecular complexity index is 1100. The summed E-state index contributed by atoms with van der Waals surface area (Å²) in [7, 11) is 0. The van der Waals surface area contributed by atoms with Crippen LogP contribution in [-0.4, -0.2) is 15.1 Å². The SMILES string of the molecule is Cc1csc(Nc2ncccc2-c2c(CO)cccc2OCc2ccccc2)n1.Cl. The molecule has 0 unspecified atom stereocenters. The zero-order valence-electron chi connectivity index (χ0n) is 16.4. The van der Waals surface area contributed by atoms with Crippen molar-refractivity contribution in [2.75, 3.05) is 5.32 Å². The van der Waals surface area contributed by atoms with Gasteiger partial charge in [-0.3, -0.25) is 0 Å². The lowest BCUT2D eigenvalue weighted by atomic mass is 9.99. The average molecular weight is 440 g/mol. The van der Waals surface area contributed by atoms with Gasteiger partial charge in [-0.2, -0.15) is 0 Å². The van der Waals surface area contributed by atoms with Crippen LogP contribution in [0.4, 0.5) is 10.9 Å². The van der Waals surface area contributed by atoms with Gasteiger partial charge in [0.2, 0.25) is 0 Å². The van der Waals surface area contributed by atoms with E-state index in [1.807, 2.05) is 73.0 Å². The number of aliphatic hydroxyl groups excluding tert-OH is 1. The molecule has 0 fully saturated rings. The van der Waals surface area contributed by atoms with Gasteiger partial charge in [-0.1, -0.05) is 42.5 Å². The molecule has 154 valence electrons. The van der Waals surface area contributed by atoms with E-state index in [-0.39, 0.29) is 19.0 Å². The third kappa shape index (κ3) is 4.97. The maximum atomic E-state index is 9.97. The van der Waals surface area contributed by atoms with Crippen LogP contribution in [0.1, 0.15) is 16.8 Å². The van der Waals surface area contributed by atoms with Gasteiger partial charge in [0.05, 0.1) is 12.3 Å². The van der Waals surface area contributed by atoms with Gasteiger partial charge in [-0.25, -0.2) is 9.97 Å². The molecule has 0 aliphatic heterocycles. The number of pyridine rings is 1. The molecule has 4 aromatic rings. The highest BCUT2D eigenvalue weighted by molar-refractivity contribution is 7.13. The Morgan fingerprint density at radius 1 is 1.03 bits per heavy atom. The summed E-state index contributed by atoms with van der Waals surface area (Å²) < 4.78 is 6.15. The van der Waals surface area contributed by atoms with E-state index in [2.05, 4.69) is 15.3 Å². The van der Waals surface area contributed by atoms with Crippen LogP contribution >= 0.6 is 23.7 Å². The van der Waals surface area contributed by atoms with Crippen LogP contribution in [0.25, 0.3) is 11.1 Å². The monoisotopic (exact) mass is 439 g/mol. The second kappa shape index (κ2) is 10.2. The van der Waals surface area contributed by atoms with Crippen molar-refractivity contribution in [3.8, 4) is 16.9 Å². The largest absolute Gasteiger partial charge is 0.488 e. The third-order valence-electron chi connectivity index (χ3n) is 4.44. The molecular formula is C23H22ClN3O2S. The Kier molecular flexibility index (Phi) is 7.41. The lowest BCUT2D eigenvalue weighted by Crippen LogP contribution is -2.02. The second-order valence-corrected chi connectivity index (χ2v) is 7.40. The number of anilines is 2. The molecular weight excluding hydrogens is 418 g/mol. The number of hydrogen-bond donors (Lipinski definition) is 2. The second-order valence-electron chi connectivity index (χ2n) is 6.54. The van der Waals surface area contributed by atoms with Crippen molar-refractivity contribution in [2.45, 2.75) is 20.1 Å². The molecule has 0 aliphatic rings. The van der Waals surface area contributed by atoms with E-state index >= 15 is 0 Å². The van der Waals surface area contributed by atoms with Crippen LogP contribution in [0.2, 0.25) is 0 Å². The molecule has 0 atom stereocenters. The van der Waals surface area contributed by atoms with Crippen molar-refractivity contribution >= 4 is 34.7 Å². The van der Waals surface area contributed by atoms with Crippen LogP contribution in [-0.2, 0) is 13.2 Å². The van der Waals surface area contributed by atoms with Crippen molar-refractivity contribution in [3.05, 3.63) is 89.1 Å². The number of hydrogen-bond acceptors (Lipinski definition) is 6. The Balaban J connectivity index is 0.00000256. The Morgan fingerprint density at radius 3 is 2.60 bits per heavy atom. The van der Waals surface area contributed by atoms with E-state index in [0.29, 0.717) is 18.2 Å². The first kappa shape index (κ1) is 21.8. The topological polar surface area (TPSA) is 67.3 Å². The fraction of sp³-hybridized carbons (Fsp3) is 0.130. The maximum Gasteiger partial charge on any atom is 0.188 e. The number of nitrogens with zero attached hydrogens (tertiary/aromatic N) is 2. The lowest BCUT2D eigenvalue weighted by Gasteiger charge is -2.17. The smallest absolute Gasteiger partial charge is 0.188 e. The third-order valence-corrected chi connectivity index (χ3v) is 5.32. The van der Waals surface area contributed by atoms with Crippen molar-refractivity contribution in [1.29, 1.82) is 0 Å². The first-order valence-electron chi connectivity index (χ1n) is 9.28. The van der Waals surface area contributed by atoms with E-state index in [4.69, 9.17) is 4.74 Å². The maximum absolute atomic E-state index is 9.97. The van der Waals surface area contributed by atoms with E-state index in [9.17, 15) is 5.11 Å². The minimum absolute atomic E-state index is 0. The van der Waals surface area contributed by atoms with Crippen LogP contribution in [0.15, 0.2) is 72.2 Å². The minimum Gasteiger partial charge on any atom is -0.488 e. The zero-order valence-corrected chi connectivity index (χ0v) is 18.0. The lowest BCUT2D eigenvalue weighted by molar-refractivity contribution is 0.279. The van der Waals surface area contributed by atoms with Gasteiger partial charge >= 0.3 is 0 Å². The van der Waals surface area contributed by atoms with Crippen LogP contribution in [0.3, 0.4) is 0 Å². The first-order valence-corrected chi connectivity index (χ1v) is 10.2. The van der Waals surface area contributed by atoms with Crippen LogP contribution in [0.5, 0.6) is 5.75 Å². The summed E-state index contributed by atoms with van der Waals surface area (Å²) in [6.07, 6.45) is 1.73. The molecule has 0 amide bonds. The Hall–Kier alpha value is -2.93. The highest BCUT2D eigenvalue weighted by atomic mass is 35.5. The molecule has 2 aromatic heterocycles. The van der Waals surface area contributed by atoms with Gasteiger partial charge in [0.1, 0.15) is 18.2 Å². The number of halogens is 1. The van der Waals surface area contributed by atoms with E-state index < -0.39 is 0 Å². The molecule has 2 heterocycles. The Labute approximate surface area is 185 Å². The quantitative estimate of drug-likeness (QED) is 0.383. The molecule has 7 heteroatoms. The number of nitrogens with one attached hydrogen (secondary N) is 1. The number of aryl methyl sites for hydroxylation is 1. The zero-order chi connectivity index (χ0) is 20.1. The first-order chi connectivity index (χ1) is 14.2. The van der Waals surface area contributed by atoms with Gasteiger partial charge in [0.25, 0.3) is 0 Å². The standard InChI is InChI=1S/C23H21N3O2S.ClH/c1-16-15-29-23(25-16)26-22-19(10-6-12-24-22)21-18(13-27)9-5-11-20(21)28-14-17-7-3-2-4-8-17;/h2-12,15,27H,13-14H2,1H3,(H,24,25,26);1H. The fourth-order valence-corrected chi connectivity index (χ4v) is 3.78. The van der Waals surface area contributed by atoms with Crippen molar-refractivity contribution < 1.29 is 9.84 Å². The highest BCUT2D eigenvalue weighted by Gasteiger charge is 2.17. The number of ether oxygens (including phenoxy) is 1. The molecule has 0 spiro atoms. The molecule has 0 saturated heterocycles. The van der Waals surface area contributed by atoms with Gasteiger partial charge in [-0.15, -0.1) is 23.7 Å². The molecule has 2 aromatic carbocycles. The van der Waals surface area contributed by atoms with Gasteiger partial charge in [0, 0.05) is 22.7 Å². The summed E-state index contributed by atoms with van der Waals surface area (Å²) in [5, 5.41) is 16.0. The van der Waals surface area contributed by atoms with Crippen molar-refractivity contribution in [2.24, 2.45) is 0 Å². The summed E-state index contributed by atoms with van der Waals surface area (Å²) in [5.74, 6) is 1.37. The fourth-order valence-electron chi connectivity index (χ4n) is 3.09. The summed E-state index contributed by atoms with van der Waals surface area (Å²) in [5.41, 5.74) is 4.50. The Morgan fingerprint density at radius 2 is 1.87 bits per heavy atom. The molecule has 4 rings (SSSR count). The van der Waals surface area contributed by atoms with Crippen molar-refractivity contribution in [1.82, 2.24) is 9.97 Å². The normalized spacial score (nSPS) is 10.3. The van der Waals surface area contributed by atoms with E-state index in [1.54, 1.807) is 6.20 Å². The number of rotatable bonds is 7. The molecule has 0 aliphatic carbocycles. The average Bonchev–Trinajstić information content (AvgIpc) is 3.17. The molecule has 0 bridgehead atoms. The molecule has 5 nitrogen and oxygen atoms in total. The highest BCUT2D eigenvalue weighted by Crippen LogP contribution is 2.38. The predicted molar refractivity (Wildman–Crippen MR) is 124 cm³/mol. The minimum atomic E-state index is -0.0947. The predicted octanol–water partition coefficient (Wildman–Crippen LogP) is 5.75. The number of benzene rings is 2. The summed E-state index contributed by atoms with van der Waals surface area (Å²) in [6, 6.07) is 19.6. The molecule has 0 saturated carbocycles. The molecule has 30 heavy (non-hydrogen) atoms. The number of aliphatic hydroxyl groups is 1. The van der Waals surface area contributed by atoms with Gasteiger partial charge in [0.15, 0.2) is 5.13 Å². The summed E-state index contributed by atoms with van der Waals surface area (Å²) in [6.45, 7) is 2.30.